The maximum Gasteiger partial charge on any atom is 0.355 e. The number of amides is 1. The van der Waals surface area contributed by atoms with Gasteiger partial charge in [0.05, 0.1) is 4.47 Å². The summed E-state index contributed by atoms with van der Waals surface area (Å²) in [6.07, 6.45) is 2.12. The van der Waals surface area contributed by atoms with Gasteiger partial charge in [0.2, 0.25) is 5.91 Å². The van der Waals surface area contributed by atoms with E-state index in [0.29, 0.717) is 23.3 Å². The van der Waals surface area contributed by atoms with Gasteiger partial charge >= 0.3 is 5.97 Å². The zero-order chi connectivity index (χ0) is 13.3. The number of carboxylic acids is 1. The molecule has 1 fully saturated rings. The lowest BCUT2D eigenvalue weighted by molar-refractivity contribution is -0.117. The molecule has 2 heterocycles. The normalized spacial score (nSPS) is 19.1. The van der Waals surface area contributed by atoms with Crippen LogP contribution in [0.5, 0.6) is 0 Å². The van der Waals surface area contributed by atoms with Gasteiger partial charge in [-0.1, -0.05) is 6.08 Å². The van der Waals surface area contributed by atoms with Gasteiger partial charge in [0.15, 0.2) is 5.69 Å². The number of carbonyl (C=O) groups is 2. The van der Waals surface area contributed by atoms with Crippen LogP contribution in [0.3, 0.4) is 0 Å². The van der Waals surface area contributed by atoms with E-state index in [1.54, 1.807) is 18.2 Å². The van der Waals surface area contributed by atoms with Crippen LogP contribution in [0, 0.1) is 5.92 Å². The minimum Gasteiger partial charge on any atom is -0.476 e. The van der Waals surface area contributed by atoms with E-state index in [0.717, 1.165) is 0 Å². The van der Waals surface area contributed by atoms with Crippen LogP contribution >= 0.6 is 15.9 Å². The fourth-order valence-corrected chi connectivity index (χ4v) is 2.24. The van der Waals surface area contributed by atoms with Crippen molar-refractivity contribution in [3.8, 4) is 0 Å². The van der Waals surface area contributed by atoms with Crippen LogP contribution in [0.4, 0.5) is 5.82 Å². The minimum atomic E-state index is -1.13. The predicted octanol–water partition coefficient (Wildman–Crippen LogP) is 2.08. The quantitative estimate of drug-likeness (QED) is 0.868. The highest BCUT2D eigenvalue weighted by molar-refractivity contribution is 9.10. The van der Waals surface area contributed by atoms with Crippen molar-refractivity contribution >= 4 is 33.6 Å². The van der Waals surface area contributed by atoms with E-state index in [9.17, 15) is 9.59 Å². The summed E-state index contributed by atoms with van der Waals surface area (Å²) in [6.45, 7) is 4.16. The van der Waals surface area contributed by atoms with Gasteiger partial charge in [0.1, 0.15) is 5.82 Å². The van der Waals surface area contributed by atoms with Crippen LogP contribution in [0.15, 0.2) is 29.3 Å². The Hall–Kier alpha value is -1.69. The Balaban J connectivity index is 2.35. The Kier molecular flexibility index (Phi) is 3.47. The number of pyridine rings is 1. The second-order valence-electron chi connectivity index (χ2n) is 4.01. The molecule has 0 aromatic carbocycles. The molecule has 6 heteroatoms. The minimum absolute atomic E-state index is 0.0638. The van der Waals surface area contributed by atoms with E-state index < -0.39 is 5.97 Å². The van der Waals surface area contributed by atoms with Gasteiger partial charge < -0.3 is 5.11 Å². The molecule has 1 atom stereocenters. The number of anilines is 1. The van der Waals surface area contributed by atoms with E-state index in [4.69, 9.17) is 5.11 Å². The molecule has 0 saturated carbocycles. The lowest BCUT2D eigenvalue weighted by Crippen LogP contribution is -2.26. The Labute approximate surface area is 112 Å². The summed E-state index contributed by atoms with van der Waals surface area (Å²) in [5, 5.41) is 8.98. The average molecular weight is 311 g/mol. The van der Waals surface area contributed by atoms with E-state index in [2.05, 4.69) is 27.5 Å². The first kappa shape index (κ1) is 12.8. The Morgan fingerprint density at radius 3 is 2.89 bits per heavy atom. The third kappa shape index (κ3) is 2.28. The van der Waals surface area contributed by atoms with Crippen LogP contribution < -0.4 is 4.90 Å². The zero-order valence-electron chi connectivity index (χ0n) is 9.47. The van der Waals surface area contributed by atoms with Crippen molar-refractivity contribution in [3.05, 3.63) is 35.0 Å². The number of carboxylic acid groups (broad SMARTS) is 1. The zero-order valence-corrected chi connectivity index (χ0v) is 11.1. The van der Waals surface area contributed by atoms with Crippen LogP contribution in [-0.2, 0) is 4.79 Å². The van der Waals surface area contributed by atoms with Crippen molar-refractivity contribution in [1.29, 1.82) is 0 Å². The van der Waals surface area contributed by atoms with Gasteiger partial charge in [-0.3, -0.25) is 9.69 Å². The summed E-state index contributed by atoms with van der Waals surface area (Å²) < 4.78 is 0.394. The smallest absolute Gasteiger partial charge is 0.355 e. The second kappa shape index (κ2) is 4.89. The average Bonchev–Trinajstić information content (AvgIpc) is 2.71. The molecule has 18 heavy (non-hydrogen) atoms. The first-order chi connectivity index (χ1) is 8.52. The van der Waals surface area contributed by atoms with E-state index in [-0.39, 0.29) is 17.5 Å². The second-order valence-corrected chi connectivity index (χ2v) is 4.86. The molecule has 1 unspecified atom stereocenters. The maximum absolute atomic E-state index is 11.8. The van der Waals surface area contributed by atoms with Gasteiger partial charge in [0, 0.05) is 18.9 Å². The molecule has 1 amide bonds. The Morgan fingerprint density at radius 2 is 2.33 bits per heavy atom. The predicted molar refractivity (Wildman–Crippen MR) is 69.6 cm³/mol. The topological polar surface area (TPSA) is 70.5 Å². The van der Waals surface area contributed by atoms with Gasteiger partial charge in [-0.2, -0.15) is 0 Å². The molecule has 0 spiro atoms. The van der Waals surface area contributed by atoms with Crippen molar-refractivity contribution in [2.75, 3.05) is 11.4 Å². The van der Waals surface area contributed by atoms with Gasteiger partial charge in [-0.15, -0.1) is 6.58 Å². The SMILES string of the molecule is C=CC1CC(=O)N(c2ccc(Br)c(C(=O)O)n2)C1. The fraction of sp³-hybridized carbons (Fsp3) is 0.250. The molecule has 1 aliphatic rings. The molecule has 1 aromatic rings. The standard InChI is InChI=1S/C12H11BrN2O3/c1-2-7-5-10(16)15(6-7)9-4-3-8(13)11(14-9)12(17)18/h2-4,7H,1,5-6H2,(H,17,18). The molecule has 0 aliphatic carbocycles. The molecule has 94 valence electrons. The van der Waals surface area contributed by atoms with Crippen LogP contribution in [-0.4, -0.2) is 28.5 Å². The number of aromatic nitrogens is 1. The molecule has 2 rings (SSSR count). The number of nitrogens with zero attached hydrogens (tertiary/aromatic N) is 2. The number of carbonyl (C=O) groups excluding carboxylic acids is 1. The number of aromatic carboxylic acids is 1. The van der Waals surface area contributed by atoms with Crippen LogP contribution in [0.25, 0.3) is 0 Å². The van der Waals surface area contributed by atoms with Crippen molar-refractivity contribution in [3.63, 3.8) is 0 Å². The summed E-state index contributed by atoms with van der Waals surface area (Å²) in [5.41, 5.74) is -0.0950. The molecule has 1 aliphatic heterocycles. The van der Waals surface area contributed by atoms with Crippen molar-refractivity contribution in [2.24, 2.45) is 5.92 Å². The molecular weight excluding hydrogens is 300 g/mol. The molecule has 0 bridgehead atoms. The Morgan fingerprint density at radius 1 is 1.61 bits per heavy atom. The molecule has 1 saturated heterocycles. The molecule has 5 nitrogen and oxygen atoms in total. The lowest BCUT2D eigenvalue weighted by atomic mass is 10.1. The molecule has 0 radical (unpaired) electrons. The monoisotopic (exact) mass is 310 g/mol. The van der Waals surface area contributed by atoms with Crippen molar-refractivity contribution in [2.45, 2.75) is 6.42 Å². The number of halogens is 1. The van der Waals surface area contributed by atoms with E-state index >= 15 is 0 Å². The summed E-state index contributed by atoms with van der Waals surface area (Å²) >= 11 is 3.12. The summed E-state index contributed by atoms with van der Waals surface area (Å²) in [7, 11) is 0. The van der Waals surface area contributed by atoms with Crippen molar-refractivity contribution in [1.82, 2.24) is 4.98 Å². The third-order valence-corrected chi connectivity index (χ3v) is 3.44. The van der Waals surface area contributed by atoms with Crippen molar-refractivity contribution < 1.29 is 14.7 Å². The lowest BCUT2D eigenvalue weighted by Gasteiger charge is -2.15. The van der Waals surface area contributed by atoms with Crippen LogP contribution in [0.1, 0.15) is 16.9 Å². The van der Waals surface area contributed by atoms with Crippen LogP contribution in [0.2, 0.25) is 0 Å². The summed E-state index contributed by atoms with van der Waals surface area (Å²) in [4.78, 5) is 28.3. The highest BCUT2D eigenvalue weighted by Gasteiger charge is 2.30. The first-order valence-corrected chi connectivity index (χ1v) is 6.15. The largest absolute Gasteiger partial charge is 0.476 e. The number of hydrogen-bond acceptors (Lipinski definition) is 3. The van der Waals surface area contributed by atoms with E-state index in [1.807, 2.05) is 0 Å². The maximum atomic E-state index is 11.8. The van der Waals surface area contributed by atoms with Gasteiger partial charge in [-0.25, -0.2) is 9.78 Å². The Bertz CT molecular complexity index is 530. The molecule has 1 aromatic heterocycles. The van der Waals surface area contributed by atoms with Gasteiger partial charge in [0.25, 0.3) is 0 Å². The van der Waals surface area contributed by atoms with E-state index in [1.165, 1.54) is 4.90 Å². The number of rotatable bonds is 3. The highest BCUT2D eigenvalue weighted by atomic mass is 79.9. The summed E-state index contributed by atoms with van der Waals surface area (Å²) in [5.74, 6) is -0.733. The third-order valence-electron chi connectivity index (χ3n) is 2.80. The first-order valence-electron chi connectivity index (χ1n) is 5.35. The highest BCUT2D eigenvalue weighted by Crippen LogP contribution is 2.26. The van der Waals surface area contributed by atoms with Gasteiger partial charge in [-0.05, 0) is 28.1 Å². The summed E-state index contributed by atoms with van der Waals surface area (Å²) in [6, 6.07) is 3.21. The number of hydrogen-bond donors (Lipinski definition) is 1. The molecular formula is C12H11BrN2O3. The fourth-order valence-electron chi connectivity index (χ4n) is 1.85. The molecule has 1 N–H and O–H groups in total.